The van der Waals surface area contributed by atoms with Crippen molar-refractivity contribution in [1.29, 1.82) is 0 Å². The number of nitrogens with two attached hydrogens (primary N) is 1. The zero-order valence-corrected chi connectivity index (χ0v) is 10.7. The molecule has 0 aliphatic rings. The maximum atomic E-state index is 11.1. The Bertz CT molecular complexity index is 483. The quantitative estimate of drug-likeness (QED) is 0.728. The molecular weight excluding hydrogens is 234 g/mol. The Morgan fingerprint density at radius 2 is 2.11 bits per heavy atom. The zero-order chi connectivity index (χ0) is 13.9. The number of rotatable bonds is 5. The average Bonchev–Trinajstić information content (AvgIpc) is 2.13. The number of hydrogen-bond donors (Lipinski definition) is 3. The first-order valence-corrected chi connectivity index (χ1v) is 5.48. The van der Waals surface area contributed by atoms with Crippen LogP contribution in [0.3, 0.4) is 0 Å². The van der Waals surface area contributed by atoms with E-state index in [-0.39, 0.29) is 12.0 Å². The number of primary amides is 1. The topological polar surface area (TPSA) is 105 Å². The molecule has 4 N–H and O–H groups in total. The number of hydrogen-bond acceptors (Lipinski definition) is 4. The summed E-state index contributed by atoms with van der Waals surface area (Å²) < 4.78 is 0. The molecule has 0 radical (unpaired) electrons. The Morgan fingerprint density at radius 1 is 1.50 bits per heavy atom. The first kappa shape index (κ1) is 14.0. The standard InChI is InChI=1S/C12H17N3O3/c1-7-4-9(8(6-14-7)11(17)18)15-12(2,3)5-10(13)16/h4,6H,5H2,1-3H3,(H2,13,16)(H,14,15)(H,17,18). The van der Waals surface area contributed by atoms with Crippen LogP contribution >= 0.6 is 0 Å². The molecule has 0 aromatic carbocycles. The van der Waals surface area contributed by atoms with Crippen molar-refractivity contribution in [3.8, 4) is 0 Å². The lowest BCUT2D eigenvalue weighted by Crippen LogP contribution is -2.36. The normalized spacial score (nSPS) is 11.1. The van der Waals surface area contributed by atoms with Gasteiger partial charge in [-0.2, -0.15) is 0 Å². The smallest absolute Gasteiger partial charge is 0.339 e. The Morgan fingerprint density at radius 3 is 2.61 bits per heavy atom. The van der Waals surface area contributed by atoms with Gasteiger partial charge in [-0.25, -0.2) is 4.79 Å². The van der Waals surface area contributed by atoms with Crippen LogP contribution in [0, 0.1) is 6.92 Å². The van der Waals surface area contributed by atoms with Crippen molar-refractivity contribution in [2.45, 2.75) is 32.7 Å². The van der Waals surface area contributed by atoms with E-state index in [1.54, 1.807) is 26.8 Å². The van der Waals surface area contributed by atoms with Crippen molar-refractivity contribution in [1.82, 2.24) is 4.98 Å². The van der Waals surface area contributed by atoms with E-state index in [4.69, 9.17) is 10.8 Å². The van der Waals surface area contributed by atoms with E-state index >= 15 is 0 Å². The lowest BCUT2D eigenvalue weighted by Gasteiger charge is -2.27. The van der Waals surface area contributed by atoms with Gasteiger partial charge in [-0.1, -0.05) is 0 Å². The van der Waals surface area contributed by atoms with Gasteiger partial charge in [-0.05, 0) is 26.8 Å². The van der Waals surface area contributed by atoms with Gasteiger partial charge in [-0.3, -0.25) is 9.78 Å². The van der Waals surface area contributed by atoms with Gasteiger partial charge in [0.15, 0.2) is 0 Å². The molecule has 6 heteroatoms. The predicted molar refractivity (Wildman–Crippen MR) is 67.4 cm³/mol. The number of nitrogens with zero attached hydrogens (tertiary/aromatic N) is 1. The second-order valence-electron chi connectivity index (χ2n) is 4.83. The molecule has 98 valence electrons. The second-order valence-corrected chi connectivity index (χ2v) is 4.83. The number of carboxylic acids is 1. The molecule has 18 heavy (non-hydrogen) atoms. The van der Waals surface area contributed by atoms with Gasteiger partial charge in [0.2, 0.25) is 5.91 Å². The highest BCUT2D eigenvalue weighted by atomic mass is 16.4. The first-order chi connectivity index (χ1) is 8.21. The van der Waals surface area contributed by atoms with E-state index in [0.717, 1.165) is 0 Å². The highest BCUT2D eigenvalue weighted by Gasteiger charge is 2.23. The molecule has 1 rings (SSSR count). The summed E-state index contributed by atoms with van der Waals surface area (Å²) in [5.41, 5.74) is 5.72. The summed E-state index contributed by atoms with van der Waals surface area (Å²) in [6, 6.07) is 1.63. The Kier molecular flexibility index (Phi) is 3.90. The first-order valence-electron chi connectivity index (χ1n) is 5.48. The van der Waals surface area contributed by atoms with Crippen molar-refractivity contribution in [3.63, 3.8) is 0 Å². The highest BCUT2D eigenvalue weighted by molar-refractivity contribution is 5.94. The monoisotopic (exact) mass is 251 g/mol. The van der Waals surface area contributed by atoms with Gasteiger partial charge in [0, 0.05) is 23.9 Å². The largest absolute Gasteiger partial charge is 0.478 e. The van der Waals surface area contributed by atoms with Gasteiger partial charge in [0.05, 0.1) is 5.69 Å². The lowest BCUT2D eigenvalue weighted by atomic mass is 9.99. The average molecular weight is 251 g/mol. The number of anilines is 1. The molecule has 0 aliphatic carbocycles. The second kappa shape index (κ2) is 5.03. The highest BCUT2D eigenvalue weighted by Crippen LogP contribution is 2.22. The minimum absolute atomic E-state index is 0.0677. The molecule has 0 saturated heterocycles. The van der Waals surface area contributed by atoms with Crippen LogP contribution < -0.4 is 11.1 Å². The van der Waals surface area contributed by atoms with E-state index in [9.17, 15) is 9.59 Å². The van der Waals surface area contributed by atoms with E-state index in [1.165, 1.54) is 6.20 Å². The molecule has 1 aromatic rings. The number of aryl methyl sites for hydroxylation is 1. The summed E-state index contributed by atoms with van der Waals surface area (Å²) in [6.07, 6.45) is 1.40. The fourth-order valence-corrected chi connectivity index (χ4v) is 1.68. The van der Waals surface area contributed by atoms with Crippen molar-refractivity contribution in [2.24, 2.45) is 5.73 Å². The van der Waals surface area contributed by atoms with Crippen molar-refractivity contribution in [2.75, 3.05) is 5.32 Å². The number of amides is 1. The van der Waals surface area contributed by atoms with Crippen molar-refractivity contribution < 1.29 is 14.7 Å². The van der Waals surface area contributed by atoms with E-state index < -0.39 is 17.4 Å². The van der Waals surface area contributed by atoms with Crippen molar-refractivity contribution in [3.05, 3.63) is 23.5 Å². The van der Waals surface area contributed by atoms with Gasteiger partial charge in [-0.15, -0.1) is 0 Å². The van der Waals surface area contributed by atoms with E-state index in [0.29, 0.717) is 11.4 Å². The minimum atomic E-state index is -1.07. The molecule has 0 saturated carbocycles. The molecule has 0 unspecified atom stereocenters. The van der Waals surface area contributed by atoms with Gasteiger partial charge in [0.25, 0.3) is 0 Å². The molecule has 0 fully saturated rings. The fourth-order valence-electron chi connectivity index (χ4n) is 1.68. The SMILES string of the molecule is Cc1cc(NC(C)(C)CC(N)=O)c(C(=O)O)cn1. The van der Waals surface area contributed by atoms with Gasteiger partial charge in [0.1, 0.15) is 5.56 Å². The third-order valence-electron chi connectivity index (χ3n) is 2.36. The Hall–Kier alpha value is -2.11. The molecule has 0 aliphatic heterocycles. The number of carbonyl (C=O) groups is 2. The molecule has 0 atom stereocenters. The van der Waals surface area contributed by atoms with Crippen LogP contribution in [0.2, 0.25) is 0 Å². The lowest BCUT2D eigenvalue weighted by molar-refractivity contribution is -0.118. The number of carbonyl (C=O) groups excluding carboxylic acids is 1. The summed E-state index contributed by atoms with van der Waals surface area (Å²) in [4.78, 5) is 26.0. The van der Waals surface area contributed by atoms with Crippen LogP contribution in [0.25, 0.3) is 0 Å². The van der Waals surface area contributed by atoms with E-state index in [1.807, 2.05) is 0 Å². The zero-order valence-electron chi connectivity index (χ0n) is 10.7. The number of nitrogens with one attached hydrogen (secondary N) is 1. The summed E-state index contributed by atoms with van der Waals surface area (Å²) >= 11 is 0. The molecule has 1 amide bonds. The predicted octanol–water partition coefficient (Wildman–Crippen LogP) is 1.15. The van der Waals surface area contributed by atoms with E-state index in [2.05, 4.69) is 10.3 Å². The third-order valence-corrected chi connectivity index (χ3v) is 2.36. The summed E-state index contributed by atoms with van der Waals surface area (Å²) in [6.45, 7) is 5.32. The molecule has 1 heterocycles. The Labute approximate surface area is 105 Å². The number of aromatic nitrogens is 1. The summed E-state index contributed by atoms with van der Waals surface area (Å²) in [5, 5.41) is 12.1. The van der Waals surface area contributed by atoms with Crippen LogP contribution in [-0.2, 0) is 4.79 Å². The van der Waals surface area contributed by atoms with Crippen LogP contribution in [0.1, 0.15) is 36.3 Å². The molecule has 6 nitrogen and oxygen atoms in total. The molecule has 0 bridgehead atoms. The van der Waals surface area contributed by atoms with Gasteiger partial charge < -0.3 is 16.2 Å². The minimum Gasteiger partial charge on any atom is -0.478 e. The van der Waals surface area contributed by atoms with Gasteiger partial charge >= 0.3 is 5.97 Å². The molecule has 1 aromatic heterocycles. The summed E-state index contributed by atoms with van der Waals surface area (Å²) in [7, 11) is 0. The fraction of sp³-hybridized carbons (Fsp3) is 0.417. The van der Waals surface area contributed by atoms with Crippen molar-refractivity contribution >= 4 is 17.6 Å². The number of aromatic carboxylic acids is 1. The number of carboxylic acid groups (broad SMARTS) is 1. The maximum absolute atomic E-state index is 11.1. The van der Waals surface area contributed by atoms with Crippen LogP contribution in [0.15, 0.2) is 12.3 Å². The number of pyridine rings is 1. The molecular formula is C12H17N3O3. The van der Waals surface area contributed by atoms with Crippen LogP contribution in [-0.4, -0.2) is 27.5 Å². The van der Waals surface area contributed by atoms with Crippen LogP contribution in [0.4, 0.5) is 5.69 Å². The molecule has 0 spiro atoms. The van der Waals surface area contributed by atoms with Crippen LogP contribution in [0.5, 0.6) is 0 Å². The maximum Gasteiger partial charge on any atom is 0.339 e. The summed E-state index contributed by atoms with van der Waals surface area (Å²) in [5.74, 6) is -1.52. The third kappa shape index (κ3) is 3.73. The Balaban J connectivity index is 3.05.